The predicted molar refractivity (Wildman–Crippen MR) is 77.7 cm³/mol. The summed E-state index contributed by atoms with van der Waals surface area (Å²) in [6, 6.07) is 10.4. The molecular formula is C15H17NO2S. The number of aryl methyl sites for hydroxylation is 1. The van der Waals surface area contributed by atoms with E-state index in [4.69, 9.17) is 5.11 Å². The number of carboxylic acid groups (broad SMARTS) is 1. The average molecular weight is 275 g/mol. The Balaban J connectivity index is 1.94. The maximum atomic E-state index is 10.8. The second-order valence-electron chi connectivity index (χ2n) is 4.62. The van der Waals surface area contributed by atoms with Gasteiger partial charge in [0.25, 0.3) is 0 Å². The van der Waals surface area contributed by atoms with Crippen molar-refractivity contribution in [3.63, 3.8) is 0 Å². The first kappa shape index (κ1) is 13.8. The lowest BCUT2D eigenvalue weighted by molar-refractivity contribution is 0.0697. The van der Waals surface area contributed by atoms with Crippen LogP contribution in [0.25, 0.3) is 0 Å². The van der Waals surface area contributed by atoms with Crippen molar-refractivity contribution < 1.29 is 9.90 Å². The summed E-state index contributed by atoms with van der Waals surface area (Å²) in [4.78, 5) is 11.8. The van der Waals surface area contributed by atoms with Crippen LogP contribution in [-0.2, 0) is 6.54 Å². The molecule has 2 rings (SSSR count). The second kappa shape index (κ2) is 5.99. The Labute approximate surface area is 116 Å². The number of rotatable bonds is 5. The van der Waals surface area contributed by atoms with Crippen LogP contribution in [0.1, 0.15) is 39.3 Å². The molecule has 0 bridgehead atoms. The molecule has 0 unspecified atom stereocenters. The van der Waals surface area contributed by atoms with Crippen LogP contribution >= 0.6 is 11.3 Å². The molecule has 1 heterocycles. The van der Waals surface area contributed by atoms with Gasteiger partial charge in [-0.15, -0.1) is 11.3 Å². The molecular weight excluding hydrogens is 258 g/mol. The van der Waals surface area contributed by atoms with Gasteiger partial charge in [0.05, 0.1) is 5.56 Å². The molecule has 0 aliphatic rings. The molecule has 0 spiro atoms. The summed E-state index contributed by atoms with van der Waals surface area (Å²) < 4.78 is 0. The number of thiophene rings is 1. The summed E-state index contributed by atoms with van der Waals surface area (Å²) in [5.41, 5.74) is 2.85. The maximum Gasteiger partial charge on any atom is 0.336 e. The highest BCUT2D eigenvalue weighted by Gasteiger charge is 2.08. The standard InChI is InChI=1S/C15H17NO2S/c1-10-3-5-12(6-4-10)11(2)16-8-14-7-13(9-19-14)15(17)18/h3-7,9,11,16H,8H2,1-2H3,(H,17,18)/t11-/m1/s1. The van der Waals surface area contributed by atoms with E-state index in [9.17, 15) is 4.79 Å². The van der Waals surface area contributed by atoms with Crippen molar-refractivity contribution in [1.82, 2.24) is 5.32 Å². The van der Waals surface area contributed by atoms with Crippen LogP contribution in [0.5, 0.6) is 0 Å². The van der Waals surface area contributed by atoms with Gasteiger partial charge in [0.1, 0.15) is 0 Å². The van der Waals surface area contributed by atoms with Crippen LogP contribution in [0.3, 0.4) is 0 Å². The molecule has 2 aromatic rings. The van der Waals surface area contributed by atoms with Gasteiger partial charge >= 0.3 is 5.97 Å². The Kier molecular flexibility index (Phi) is 4.35. The van der Waals surface area contributed by atoms with Gasteiger partial charge in [0.15, 0.2) is 0 Å². The molecule has 0 saturated heterocycles. The molecule has 2 N–H and O–H groups in total. The second-order valence-corrected chi connectivity index (χ2v) is 5.62. The molecule has 0 saturated carbocycles. The van der Waals surface area contributed by atoms with Gasteiger partial charge in [-0.1, -0.05) is 29.8 Å². The molecule has 0 radical (unpaired) electrons. The lowest BCUT2D eigenvalue weighted by Gasteiger charge is -2.13. The third kappa shape index (κ3) is 3.66. The Bertz CT molecular complexity index is 560. The lowest BCUT2D eigenvalue weighted by Crippen LogP contribution is -2.17. The monoisotopic (exact) mass is 275 g/mol. The highest BCUT2D eigenvalue weighted by molar-refractivity contribution is 7.10. The van der Waals surface area contributed by atoms with Gasteiger partial charge in [0.2, 0.25) is 0 Å². The highest BCUT2D eigenvalue weighted by Crippen LogP contribution is 2.17. The van der Waals surface area contributed by atoms with Crippen LogP contribution in [0.4, 0.5) is 0 Å². The van der Waals surface area contributed by atoms with E-state index < -0.39 is 5.97 Å². The zero-order valence-corrected chi connectivity index (χ0v) is 11.8. The Hall–Kier alpha value is -1.65. The van der Waals surface area contributed by atoms with Crippen LogP contribution in [0.2, 0.25) is 0 Å². The molecule has 0 amide bonds. The van der Waals surface area contributed by atoms with E-state index in [0.29, 0.717) is 12.1 Å². The summed E-state index contributed by atoms with van der Waals surface area (Å²) in [5.74, 6) is -0.867. The summed E-state index contributed by atoms with van der Waals surface area (Å²) in [7, 11) is 0. The predicted octanol–water partition coefficient (Wildman–Crippen LogP) is 3.61. The Morgan fingerprint density at radius 2 is 2.05 bits per heavy atom. The molecule has 0 fully saturated rings. The number of carboxylic acids is 1. The summed E-state index contributed by atoms with van der Waals surface area (Å²) in [6.45, 7) is 4.87. The minimum Gasteiger partial charge on any atom is -0.478 e. The van der Waals surface area contributed by atoms with E-state index in [-0.39, 0.29) is 6.04 Å². The number of benzene rings is 1. The Morgan fingerprint density at radius 1 is 1.37 bits per heavy atom. The van der Waals surface area contributed by atoms with Gasteiger partial charge in [-0.25, -0.2) is 4.79 Å². The van der Waals surface area contributed by atoms with E-state index in [2.05, 4.69) is 43.4 Å². The van der Waals surface area contributed by atoms with Crippen molar-refractivity contribution in [2.45, 2.75) is 26.4 Å². The summed E-state index contributed by atoms with van der Waals surface area (Å²) in [5, 5.41) is 13.9. The molecule has 19 heavy (non-hydrogen) atoms. The van der Waals surface area contributed by atoms with Gasteiger partial charge in [-0.05, 0) is 25.5 Å². The number of hydrogen-bond acceptors (Lipinski definition) is 3. The minimum atomic E-state index is -0.867. The van der Waals surface area contributed by atoms with Crippen molar-refractivity contribution in [3.8, 4) is 0 Å². The quantitative estimate of drug-likeness (QED) is 0.876. The van der Waals surface area contributed by atoms with Gasteiger partial charge < -0.3 is 10.4 Å². The van der Waals surface area contributed by atoms with Crippen molar-refractivity contribution in [2.24, 2.45) is 0 Å². The number of aromatic carboxylic acids is 1. The fourth-order valence-electron chi connectivity index (χ4n) is 1.81. The summed E-state index contributed by atoms with van der Waals surface area (Å²) >= 11 is 1.47. The van der Waals surface area contributed by atoms with Crippen LogP contribution in [0, 0.1) is 6.92 Å². The largest absolute Gasteiger partial charge is 0.478 e. The molecule has 3 nitrogen and oxygen atoms in total. The first-order valence-corrected chi connectivity index (χ1v) is 7.05. The average Bonchev–Trinajstić information content (AvgIpc) is 2.86. The van der Waals surface area contributed by atoms with Crippen molar-refractivity contribution >= 4 is 17.3 Å². The fourth-order valence-corrected chi connectivity index (χ4v) is 2.62. The van der Waals surface area contributed by atoms with Gasteiger partial charge in [0, 0.05) is 22.8 Å². The Morgan fingerprint density at radius 3 is 2.63 bits per heavy atom. The molecule has 100 valence electrons. The molecule has 1 aromatic carbocycles. The molecule has 1 aromatic heterocycles. The smallest absolute Gasteiger partial charge is 0.336 e. The van der Waals surface area contributed by atoms with Crippen LogP contribution in [-0.4, -0.2) is 11.1 Å². The minimum absolute atomic E-state index is 0.246. The van der Waals surface area contributed by atoms with E-state index in [1.165, 1.54) is 22.5 Å². The third-order valence-electron chi connectivity index (χ3n) is 3.06. The van der Waals surface area contributed by atoms with E-state index in [1.807, 2.05) is 0 Å². The number of nitrogens with one attached hydrogen (secondary N) is 1. The number of carbonyl (C=O) groups is 1. The fraction of sp³-hybridized carbons (Fsp3) is 0.267. The molecule has 0 aliphatic heterocycles. The summed E-state index contributed by atoms with van der Waals surface area (Å²) in [6.07, 6.45) is 0. The maximum absolute atomic E-state index is 10.8. The molecule has 4 heteroatoms. The zero-order chi connectivity index (χ0) is 13.8. The van der Waals surface area contributed by atoms with E-state index >= 15 is 0 Å². The van der Waals surface area contributed by atoms with Crippen molar-refractivity contribution in [1.29, 1.82) is 0 Å². The van der Waals surface area contributed by atoms with Gasteiger partial charge in [-0.3, -0.25) is 0 Å². The van der Waals surface area contributed by atoms with Crippen molar-refractivity contribution in [2.75, 3.05) is 0 Å². The van der Waals surface area contributed by atoms with Crippen molar-refractivity contribution in [3.05, 3.63) is 57.3 Å². The topological polar surface area (TPSA) is 49.3 Å². The highest BCUT2D eigenvalue weighted by atomic mass is 32.1. The zero-order valence-electron chi connectivity index (χ0n) is 11.0. The normalized spacial score (nSPS) is 12.3. The third-order valence-corrected chi connectivity index (χ3v) is 4.00. The van der Waals surface area contributed by atoms with Crippen LogP contribution < -0.4 is 5.32 Å². The lowest BCUT2D eigenvalue weighted by atomic mass is 10.1. The first-order valence-electron chi connectivity index (χ1n) is 6.17. The molecule has 1 atom stereocenters. The van der Waals surface area contributed by atoms with Gasteiger partial charge in [-0.2, -0.15) is 0 Å². The molecule has 0 aliphatic carbocycles. The van der Waals surface area contributed by atoms with E-state index in [1.54, 1.807) is 11.4 Å². The number of hydrogen-bond donors (Lipinski definition) is 2. The SMILES string of the molecule is Cc1ccc([C@@H](C)NCc2cc(C(=O)O)cs2)cc1. The first-order chi connectivity index (χ1) is 9.06. The van der Waals surface area contributed by atoms with E-state index in [0.717, 1.165) is 4.88 Å². The van der Waals surface area contributed by atoms with Crippen LogP contribution in [0.15, 0.2) is 35.7 Å².